The molecular formula is C16H15N3. The third-order valence-corrected chi connectivity index (χ3v) is 3.29. The Hall–Kier alpha value is -2.55. The van der Waals surface area contributed by atoms with E-state index in [9.17, 15) is 0 Å². The number of hydrogen-bond acceptors (Lipinski definition) is 3. The molecule has 0 amide bonds. The largest absolute Gasteiger partial charge is 0.399 e. The molecule has 3 nitrogen and oxygen atoms in total. The van der Waals surface area contributed by atoms with Gasteiger partial charge in [-0.1, -0.05) is 43.0 Å². The van der Waals surface area contributed by atoms with E-state index in [1.165, 1.54) is 0 Å². The van der Waals surface area contributed by atoms with E-state index in [1.54, 1.807) is 5.01 Å². The average Bonchev–Trinajstić information content (AvgIpc) is 2.43. The molecule has 0 aliphatic carbocycles. The molecule has 0 unspecified atom stereocenters. The smallest absolute Gasteiger partial charge is 0.0987 e. The zero-order valence-electron chi connectivity index (χ0n) is 10.8. The lowest BCUT2D eigenvalue weighted by molar-refractivity contribution is 0.513. The van der Waals surface area contributed by atoms with Gasteiger partial charge >= 0.3 is 0 Å². The quantitative estimate of drug-likeness (QED) is 0.789. The second-order valence-electron chi connectivity index (χ2n) is 4.59. The van der Waals surface area contributed by atoms with E-state index >= 15 is 0 Å². The fourth-order valence-corrected chi connectivity index (χ4v) is 2.28. The Morgan fingerprint density at radius 3 is 2.53 bits per heavy atom. The summed E-state index contributed by atoms with van der Waals surface area (Å²) < 4.78 is 0. The molecule has 1 aliphatic rings. The fourth-order valence-electron chi connectivity index (χ4n) is 2.28. The van der Waals surface area contributed by atoms with Crippen molar-refractivity contribution in [1.29, 1.82) is 0 Å². The molecule has 0 atom stereocenters. The first kappa shape index (κ1) is 11.5. The minimum Gasteiger partial charge on any atom is -0.399 e. The van der Waals surface area contributed by atoms with Gasteiger partial charge in [-0.05, 0) is 12.1 Å². The molecular weight excluding hydrogens is 234 g/mol. The van der Waals surface area contributed by atoms with Crippen molar-refractivity contribution in [2.24, 2.45) is 5.10 Å². The van der Waals surface area contributed by atoms with Crippen molar-refractivity contribution in [3.05, 3.63) is 71.8 Å². The van der Waals surface area contributed by atoms with Crippen LogP contribution in [0.5, 0.6) is 0 Å². The minimum atomic E-state index is 0.740. The van der Waals surface area contributed by atoms with Crippen LogP contribution < -0.4 is 5.73 Å². The van der Waals surface area contributed by atoms with Crippen LogP contribution in [0.25, 0.3) is 5.70 Å². The third kappa shape index (κ3) is 1.89. The second-order valence-corrected chi connectivity index (χ2v) is 4.59. The van der Waals surface area contributed by atoms with Crippen LogP contribution in [-0.2, 0) is 0 Å². The number of hydrazone groups is 1. The van der Waals surface area contributed by atoms with E-state index in [-0.39, 0.29) is 0 Å². The number of nitrogens with two attached hydrogens (primary N) is 1. The second kappa shape index (κ2) is 4.28. The van der Waals surface area contributed by atoms with Crippen LogP contribution in [0.4, 0.5) is 5.69 Å². The maximum absolute atomic E-state index is 5.86. The molecule has 1 heterocycles. The summed E-state index contributed by atoms with van der Waals surface area (Å²) >= 11 is 0. The van der Waals surface area contributed by atoms with E-state index in [0.717, 1.165) is 33.8 Å². The summed E-state index contributed by atoms with van der Waals surface area (Å²) in [6.45, 7) is 4.08. The molecule has 0 spiro atoms. The van der Waals surface area contributed by atoms with Gasteiger partial charge in [-0.2, -0.15) is 5.10 Å². The van der Waals surface area contributed by atoms with Crippen molar-refractivity contribution in [3.8, 4) is 0 Å². The Morgan fingerprint density at radius 1 is 1.05 bits per heavy atom. The van der Waals surface area contributed by atoms with Crippen LogP contribution in [0.15, 0.2) is 60.2 Å². The van der Waals surface area contributed by atoms with E-state index < -0.39 is 0 Å². The summed E-state index contributed by atoms with van der Waals surface area (Å²) in [6.07, 6.45) is 0. The Labute approximate surface area is 112 Å². The molecule has 3 rings (SSSR count). The van der Waals surface area contributed by atoms with Crippen molar-refractivity contribution in [2.45, 2.75) is 0 Å². The Bertz CT molecular complexity index is 686. The highest BCUT2D eigenvalue weighted by Gasteiger charge is 2.20. The van der Waals surface area contributed by atoms with Crippen LogP contribution in [0.2, 0.25) is 0 Å². The van der Waals surface area contributed by atoms with Gasteiger partial charge < -0.3 is 5.73 Å². The molecule has 94 valence electrons. The first-order valence-corrected chi connectivity index (χ1v) is 6.14. The number of fused-ring (bicyclic) bond motifs is 1. The van der Waals surface area contributed by atoms with Crippen LogP contribution in [0.3, 0.4) is 0 Å². The highest BCUT2D eigenvalue weighted by molar-refractivity contribution is 6.16. The van der Waals surface area contributed by atoms with Crippen molar-refractivity contribution < 1.29 is 0 Å². The topological polar surface area (TPSA) is 41.6 Å². The van der Waals surface area contributed by atoms with Crippen LogP contribution in [-0.4, -0.2) is 17.8 Å². The predicted molar refractivity (Wildman–Crippen MR) is 79.7 cm³/mol. The molecule has 0 aromatic heterocycles. The highest BCUT2D eigenvalue weighted by Crippen LogP contribution is 2.28. The number of rotatable bonds is 1. The SMILES string of the molecule is C=C1c2ccccc2C(c2cccc(N)c2)=NN1C. The van der Waals surface area contributed by atoms with Gasteiger partial charge in [0.1, 0.15) is 0 Å². The van der Waals surface area contributed by atoms with Gasteiger partial charge in [-0.25, -0.2) is 0 Å². The van der Waals surface area contributed by atoms with Crippen molar-refractivity contribution in [2.75, 3.05) is 12.8 Å². The van der Waals surface area contributed by atoms with E-state index in [4.69, 9.17) is 5.73 Å². The van der Waals surface area contributed by atoms with Gasteiger partial charge in [-0.3, -0.25) is 5.01 Å². The number of benzene rings is 2. The summed E-state index contributed by atoms with van der Waals surface area (Å²) in [5.74, 6) is 0. The van der Waals surface area contributed by atoms with E-state index in [2.05, 4.69) is 23.8 Å². The van der Waals surface area contributed by atoms with Gasteiger partial charge in [0.15, 0.2) is 0 Å². The summed E-state index contributed by atoms with van der Waals surface area (Å²) in [4.78, 5) is 0. The number of nitrogen functional groups attached to an aromatic ring is 1. The Morgan fingerprint density at radius 2 is 1.79 bits per heavy atom. The molecule has 0 saturated heterocycles. The van der Waals surface area contributed by atoms with Crippen molar-refractivity contribution in [3.63, 3.8) is 0 Å². The Kier molecular flexibility index (Phi) is 2.60. The summed E-state index contributed by atoms with van der Waals surface area (Å²) in [5, 5.41) is 6.42. The van der Waals surface area contributed by atoms with Crippen molar-refractivity contribution in [1.82, 2.24) is 5.01 Å². The third-order valence-electron chi connectivity index (χ3n) is 3.29. The minimum absolute atomic E-state index is 0.740. The summed E-state index contributed by atoms with van der Waals surface area (Å²) in [5.41, 5.74) is 11.7. The fraction of sp³-hybridized carbons (Fsp3) is 0.0625. The van der Waals surface area contributed by atoms with Crippen LogP contribution in [0.1, 0.15) is 16.7 Å². The lowest BCUT2D eigenvalue weighted by Crippen LogP contribution is -2.22. The van der Waals surface area contributed by atoms with Gasteiger partial charge in [0.05, 0.1) is 11.4 Å². The van der Waals surface area contributed by atoms with E-state index in [1.807, 2.05) is 43.4 Å². The van der Waals surface area contributed by atoms with Crippen LogP contribution >= 0.6 is 0 Å². The zero-order valence-corrected chi connectivity index (χ0v) is 10.8. The maximum Gasteiger partial charge on any atom is 0.0987 e. The Balaban J connectivity index is 2.21. The number of anilines is 1. The molecule has 2 aromatic rings. The first-order chi connectivity index (χ1) is 9.16. The van der Waals surface area contributed by atoms with Crippen molar-refractivity contribution >= 4 is 17.1 Å². The lowest BCUT2D eigenvalue weighted by atomic mass is 9.94. The molecule has 3 heteroatoms. The normalized spacial score (nSPS) is 14.1. The molecule has 1 aliphatic heterocycles. The predicted octanol–water partition coefficient (Wildman–Crippen LogP) is 2.94. The summed E-state index contributed by atoms with van der Waals surface area (Å²) in [6, 6.07) is 15.9. The summed E-state index contributed by atoms with van der Waals surface area (Å²) in [7, 11) is 1.91. The molecule has 0 radical (unpaired) electrons. The number of hydrogen-bond donors (Lipinski definition) is 1. The first-order valence-electron chi connectivity index (χ1n) is 6.14. The molecule has 2 N–H and O–H groups in total. The average molecular weight is 249 g/mol. The molecule has 0 fully saturated rings. The van der Waals surface area contributed by atoms with Crippen LogP contribution in [0, 0.1) is 0 Å². The van der Waals surface area contributed by atoms with E-state index in [0.29, 0.717) is 0 Å². The lowest BCUT2D eigenvalue weighted by Gasteiger charge is -2.26. The maximum atomic E-state index is 5.86. The van der Waals surface area contributed by atoms with Gasteiger partial charge in [0.25, 0.3) is 0 Å². The highest BCUT2D eigenvalue weighted by atomic mass is 15.4. The molecule has 0 bridgehead atoms. The zero-order chi connectivity index (χ0) is 13.4. The number of nitrogens with zero attached hydrogens (tertiary/aromatic N) is 2. The van der Waals surface area contributed by atoms with Gasteiger partial charge in [-0.15, -0.1) is 0 Å². The molecule has 2 aromatic carbocycles. The van der Waals surface area contributed by atoms with Gasteiger partial charge in [0, 0.05) is 29.4 Å². The monoisotopic (exact) mass is 249 g/mol. The molecule has 19 heavy (non-hydrogen) atoms. The standard InChI is InChI=1S/C16H15N3/c1-11-14-8-3-4-9-15(14)16(18-19(11)2)12-6-5-7-13(17)10-12/h3-10H,1,17H2,2H3. The van der Waals surface area contributed by atoms with Gasteiger partial charge in [0.2, 0.25) is 0 Å². The molecule has 0 saturated carbocycles.